The van der Waals surface area contributed by atoms with Gasteiger partial charge in [0.05, 0.1) is 17.4 Å². The summed E-state index contributed by atoms with van der Waals surface area (Å²) in [6, 6.07) is 0. The van der Waals surface area contributed by atoms with Crippen LogP contribution >= 0.6 is 0 Å². The Morgan fingerprint density at radius 1 is 1.69 bits per heavy atom. The van der Waals surface area contributed by atoms with E-state index >= 15 is 0 Å². The number of carboxylic acid groups (broad SMARTS) is 1. The van der Waals surface area contributed by atoms with Crippen LogP contribution in [0.4, 0.5) is 0 Å². The van der Waals surface area contributed by atoms with Gasteiger partial charge in [-0.25, -0.2) is 4.98 Å². The van der Waals surface area contributed by atoms with Crippen molar-refractivity contribution >= 4 is 5.97 Å². The maximum Gasteiger partial charge on any atom is 0.309 e. The van der Waals surface area contributed by atoms with E-state index in [0.29, 0.717) is 6.42 Å². The second kappa shape index (κ2) is 3.20. The molecule has 0 aliphatic carbocycles. The van der Waals surface area contributed by atoms with Crippen molar-refractivity contribution in [2.45, 2.75) is 27.2 Å². The van der Waals surface area contributed by atoms with Gasteiger partial charge in [-0.1, -0.05) is 0 Å². The first kappa shape index (κ1) is 9.77. The highest BCUT2D eigenvalue weighted by Gasteiger charge is 2.28. The zero-order valence-corrected chi connectivity index (χ0v) is 8.09. The standard InChI is InChI=1S/C9H14N2O2/c1-6-7(11-5-10-6)4-9(2,3)8(12)13/h5H,4H2,1-3H3,(H,10,11)(H,12,13). The highest BCUT2D eigenvalue weighted by Crippen LogP contribution is 2.21. The lowest BCUT2D eigenvalue weighted by Crippen LogP contribution is -2.26. The quantitative estimate of drug-likeness (QED) is 0.742. The van der Waals surface area contributed by atoms with Crippen molar-refractivity contribution in [3.8, 4) is 0 Å². The van der Waals surface area contributed by atoms with Crippen molar-refractivity contribution in [2.24, 2.45) is 5.41 Å². The summed E-state index contributed by atoms with van der Waals surface area (Å²) in [6.45, 7) is 5.28. The number of aromatic amines is 1. The van der Waals surface area contributed by atoms with Crippen LogP contribution in [0.3, 0.4) is 0 Å². The Hall–Kier alpha value is -1.32. The highest BCUT2D eigenvalue weighted by molar-refractivity contribution is 5.73. The number of rotatable bonds is 3. The zero-order valence-electron chi connectivity index (χ0n) is 8.09. The Bertz CT molecular complexity index is 315. The number of carboxylic acids is 1. The van der Waals surface area contributed by atoms with Crippen molar-refractivity contribution in [2.75, 3.05) is 0 Å². The molecule has 0 fully saturated rings. The summed E-state index contributed by atoms with van der Waals surface area (Å²) in [5, 5.41) is 8.89. The summed E-state index contributed by atoms with van der Waals surface area (Å²) >= 11 is 0. The van der Waals surface area contributed by atoms with Crippen LogP contribution in [0, 0.1) is 12.3 Å². The van der Waals surface area contributed by atoms with E-state index in [9.17, 15) is 4.79 Å². The molecule has 0 aliphatic heterocycles. The molecule has 0 saturated heterocycles. The summed E-state index contributed by atoms with van der Waals surface area (Å²) in [5.74, 6) is -0.796. The molecule has 0 amide bonds. The SMILES string of the molecule is Cc1[nH]cnc1CC(C)(C)C(=O)O. The maximum atomic E-state index is 10.8. The first-order chi connectivity index (χ1) is 5.93. The molecule has 72 valence electrons. The number of aryl methyl sites for hydroxylation is 1. The van der Waals surface area contributed by atoms with E-state index in [-0.39, 0.29) is 0 Å². The zero-order chi connectivity index (χ0) is 10.1. The molecule has 13 heavy (non-hydrogen) atoms. The smallest absolute Gasteiger partial charge is 0.309 e. The molecule has 4 nitrogen and oxygen atoms in total. The van der Waals surface area contributed by atoms with Crippen molar-refractivity contribution in [1.29, 1.82) is 0 Å². The number of carbonyl (C=O) groups is 1. The molecule has 0 saturated carbocycles. The molecule has 1 heterocycles. The molecule has 1 aromatic heterocycles. The van der Waals surface area contributed by atoms with Crippen LogP contribution in [-0.2, 0) is 11.2 Å². The van der Waals surface area contributed by atoms with E-state index in [1.807, 2.05) is 6.92 Å². The average Bonchev–Trinajstić information content (AvgIpc) is 2.35. The molecule has 4 heteroatoms. The van der Waals surface area contributed by atoms with Crippen LogP contribution in [0.5, 0.6) is 0 Å². The topological polar surface area (TPSA) is 66.0 Å². The van der Waals surface area contributed by atoms with E-state index in [4.69, 9.17) is 5.11 Å². The molecular formula is C9H14N2O2. The second-order valence-electron chi connectivity index (χ2n) is 3.84. The Balaban J connectivity index is 2.80. The maximum absolute atomic E-state index is 10.8. The molecular weight excluding hydrogens is 168 g/mol. The van der Waals surface area contributed by atoms with Gasteiger partial charge >= 0.3 is 5.97 Å². The third-order valence-corrected chi connectivity index (χ3v) is 2.12. The first-order valence-corrected chi connectivity index (χ1v) is 4.16. The molecule has 1 aromatic rings. The Kier molecular flexibility index (Phi) is 2.40. The predicted octanol–water partition coefficient (Wildman–Crippen LogP) is 1.37. The van der Waals surface area contributed by atoms with Gasteiger partial charge in [0.2, 0.25) is 0 Å². The van der Waals surface area contributed by atoms with Gasteiger partial charge in [0.1, 0.15) is 0 Å². The molecule has 2 N–H and O–H groups in total. The number of aliphatic carboxylic acids is 1. The van der Waals surface area contributed by atoms with Gasteiger partial charge in [-0.05, 0) is 20.8 Å². The van der Waals surface area contributed by atoms with E-state index in [0.717, 1.165) is 11.4 Å². The van der Waals surface area contributed by atoms with Crippen LogP contribution in [0.1, 0.15) is 25.2 Å². The van der Waals surface area contributed by atoms with Crippen LogP contribution in [0.2, 0.25) is 0 Å². The largest absolute Gasteiger partial charge is 0.481 e. The summed E-state index contributed by atoms with van der Waals surface area (Å²) in [6.07, 6.45) is 2.04. The van der Waals surface area contributed by atoms with Crippen LogP contribution in [0.25, 0.3) is 0 Å². The lowest BCUT2D eigenvalue weighted by molar-refractivity contribution is -0.146. The number of nitrogens with zero attached hydrogens (tertiary/aromatic N) is 1. The molecule has 0 aromatic carbocycles. The van der Waals surface area contributed by atoms with Gasteiger partial charge in [-0.2, -0.15) is 0 Å². The van der Waals surface area contributed by atoms with Gasteiger partial charge < -0.3 is 10.1 Å². The number of imidazole rings is 1. The molecule has 0 radical (unpaired) electrons. The van der Waals surface area contributed by atoms with E-state index < -0.39 is 11.4 Å². The van der Waals surface area contributed by atoms with E-state index in [1.165, 1.54) is 0 Å². The third-order valence-electron chi connectivity index (χ3n) is 2.12. The highest BCUT2D eigenvalue weighted by atomic mass is 16.4. The van der Waals surface area contributed by atoms with Crippen molar-refractivity contribution in [3.63, 3.8) is 0 Å². The lowest BCUT2D eigenvalue weighted by atomic mass is 9.87. The molecule has 0 bridgehead atoms. The van der Waals surface area contributed by atoms with Crippen LogP contribution < -0.4 is 0 Å². The molecule has 0 atom stereocenters. The number of nitrogens with one attached hydrogen (secondary N) is 1. The third kappa shape index (κ3) is 2.08. The van der Waals surface area contributed by atoms with E-state index in [2.05, 4.69) is 9.97 Å². The summed E-state index contributed by atoms with van der Waals surface area (Å²) in [4.78, 5) is 17.8. The Labute approximate surface area is 77.0 Å². The van der Waals surface area contributed by atoms with Gasteiger partial charge in [0, 0.05) is 12.1 Å². The molecule has 1 rings (SSSR count). The summed E-state index contributed by atoms with van der Waals surface area (Å²) in [5.41, 5.74) is 1.02. The molecule has 0 spiro atoms. The minimum Gasteiger partial charge on any atom is -0.481 e. The fraction of sp³-hybridized carbons (Fsp3) is 0.556. The number of hydrogen-bond donors (Lipinski definition) is 2. The van der Waals surface area contributed by atoms with Crippen LogP contribution in [0.15, 0.2) is 6.33 Å². The Morgan fingerprint density at radius 3 is 2.69 bits per heavy atom. The summed E-state index contributed by atoms with van der Waals surface area (Å²) < 4.78 is 0. The number of H-pyrrole nitrogens is 1. The fourth-order valence-electron chi connectivity index (χ4n) is 1.06. The average molecular weight is 182 g/mol. The van der Waals surface area contributed by atoms with Gasteiger partial charge in [-0.3, -0.25) is 4.79 Å². The molecule has 0 unspecified atom stereocenters. The van der Waals surface area contributed by atoms with E-state index in [1.54, 1.807) is 20.2 Å². The Morgan fingerprint density at radius 2 is 2.31 bits per heavy atom. The van der Waals surface area contributed by atoms with Crippen LogP contribution in [-0.4, -0.2) is 21.0 Å². The second-order valence-corrected chi connectivity index (χ2v) is 3.84. The number of aromatic nitrogens is 2. The van der Waals surface area contributed by atoms with Gasteiger partial charge in [0.25, 0.3) is 0 Å². The number of hydrogen-bond acceptors (Lipinski definition) is 2. The first-order valence-electron chi connectivity index (χ1n) is 4.16. The lowest BCUT2D eigenvalue weighted by Gasteiger charge is -2.17. The minimum absolute atomic E-state index is 0.456. The van der Waals surface area contributed by atoms with Crippen molar-refractivity contribution < 1.29 is 9.90 Å². The summed E-state index contributed by atoms with van der Waals surface area (Å²) in [7, 11) is 0. The van der Waals surface area contributed by atoms with Crippen molar-refractivity contribution in [1.82, 2.24) is 9.97 Å². The minimum atomic E-state index is -0.796. The van der Waals surface area contributed by atoms with Gasteiger partial charge in [0.15, 0.2) is 0 Å². The molecule has 0 aliphatic rings. The predicted molar refractivity (Wildman–Crippen MR) is 48.4 cm³/mol. The fourth-order valence-corrected chi connectivity index (χ4v) is 1.06. The van der Waals surface area contributed by atoms with Crippen molar-refractivity contribution in [3.05, 3.63) is 17.7 Å². The monoisotopic (exact) mass is 182 g/mol. The normalized spacial score (nSPS) is 11.6. The van der Waals surface area contributed by atoms with Gasteiger partial charge in [-0.15, -0.1) is 0 Å².